The molecule has 0 unspecified atom stereocenters. The van der Waals surface area contributed by atoms with Crippen molar-refractivity contribution in [2.24, 2.45) is 4.99 Å². The number of terminal acetylenes is 1. The number of nitrogens with zero attached hydrogens (tertiary/aromatic N) is 1. The molecule has 13 heavy (non-hydrogen) atoms. The van der Waals surface area contributed by atoms with Gasteiger partial charge in [-0.25, -0.2) is 0 Å². The fourth-order valence-corrected chi connectivity index (χ4v) is 1.00. The smallest absolute Gasteiger partial charge is 0.0478 e. The van der Waals surface area contributed by atoms with Crippen LogP contribution >= 0.6 is 0 Å². The second-order valence-corrected chi connectivity index (χ2v) is 2.49. The summed E-state index contributed by atoms with van der Waals surface area (Å²) in [7, 11) is 0. The molecule has 1 heteroatoms. The van der Waals surface area contributed by atoms with Crippen molar-refractivity contribution in [1.29, 1.82) is 0 Å². The summed E-state index contributed by atoms with van der Waals surface area (Å²) in [4.78, 5) is 3.92. The van der Waals surface area contributed by atoms with E-state index >= 15 is 0 Å². The maximum absolute atomic E-state index is 5.27. The molecule has 0 N–H and O–H groups in total. The molecule has 0 heterocycles. The third kappa shape index (κ3) is 3.13. The maximum atomic E-state index is 5.27. The molecule has 0 aromatic rings. The third-order valence-electron chi connectivity index (χ3n) is 1.67. The van der Waals surface area contributed by atoms with E-state index in [1.807, 2.05) is 26.0 Å². The molecule has 0 atom stereocenters. The summed E-state index contributed by atoms with van der Waals surface area (Å²) in [6.45, 7) is 11.2. The molecule has 0 aromatic heterocycles. The minimum absolute atomic E-state index is 0.655. The lowest BCUT2D eigenvalue weighted by Crippen LogP contribution is -1.88. The molecular formula is C12H15N. The van der Waals surface area contributed by atoms with Gasteiger partial charge in [0.25, 0.3) is 0 Å². The molecule has 0 aliphatic heterocycles. The molecule has 0 saturated carbocycles. The number of hydrogen-bond donors (Lipinski definition) is 0. The van der Waals surface area contributed by atoms with Gasteiger partial charge in [0.15, 0.2) is 0 Å². The van der Waals surface area contributed by atoms with Crippen molar-refractivity contribution in [3.05, 3.63) is 35.6 Å². The lowest BCUT2D eigenvalue weighted by Gasteiger charge is -2.04. The number of allylic oxidation sites excluding steroid dienone is 5. The van der Waals surface area contributed by atoms with Gasteiger partial charge >= 0.3 is 0 Å². The average Bonchev–Trinajstić information content (AvgIpc) is 2.17. The predicted molar refractivity (Wildman–Crippen MR) is 59.7 cm³/mol. The van der Waals surface area contributed by atoms with Crippen molar-refractivity contribution in [2.75, 3.05) is 0 Å². The summed E-state index contributed by atoms with van der Waals surface area (Å²) in [5, 5.41) is 0. The van der Waals surface area contributed by atoms with Crippen LogP contribution in [0.15, 0.2) is 40.6 Å². The zero-order valence-electron chi connectivity index (χ0n) is 8.30. The van der Waals surface area contributed by atoms with Crippen LogP contribution in [0.2, 0.25) is 0 Å². The van der Waals surface area contributed by atoms with Gasteiger partial charge in [0.1, 0.15) is 0 Å². The molecule has 1 nitrogen and oxygen atoms in total. The summed E-state index contributed by atoms with van der Waals surface area (Å²) >= 11 is 0. The zero-order chi connectivity index (χ0) is 10.3. The molecule has 0 saturated heterocycles. The number of rotatable bonds is 4. The van der Waals surface area contributed by atoms with Crippen molar-refractivity contribution < 1.29 is 0 Å². The van der Waals surface area contributed by atoms with Crippen molar-refractivity contribution >= 4 is 6.72 Å². The Labute approximate surface area is 80.6 Å². The van der Waals surface area contributed by atoms with Crippen molar-refractivity contribution in [3.63, 3.8) is 0 Å². The van der Waals surface area contributed by atoms with E-state index < -0.39 is 0 Å². The SMILES string of the molecule is C#CC(=C)C(/C=C\C)=C(/CC)N=C. The monoisotopic (exact) mass is 173 g/mol. The Kier molecular flexibility index (Phi) is 5.30. The van der Waals surface area contributed by atoms with Gasteiger partial charge in [0.05, 0.1) is 0 Å². The highest BCUT2D eigenvalue weighted by molar-refractivity contribution is 5.51. The van der Waals surface area contributed by atoms with Crippen LogP contribution in [0.5, 0.6) is 0 Å². The molecule has 0 aliphatic carbocycles. The molecule has 0 radical (unpaired) electrons. The second-order valence-electron chi connectivity index (χ2n) is 2.49. The Morgan fingerprint density at radius 1 is 1.62 bits per heavy atom. The first-order valence-electron chi connectivity index (χ1n) is 4.19. The molecule has 0 fully saturated rings. The highest BCUT2D eigenvalue weighted by Gasteiger charge is 2.01. The number of hydrogen-bond acceptors (Lipinski definition) is 1. The second kappa shape index (κ2) is 6.02. The van der Waals surface area contributed by atoms with Crippen LogP contribution in [0.4, 0.5) is 0 Å². The molecule has 0 aliphatic rings. The Morgan fingerprint density at radius 3 is 2.54 bits per heavy atom. The van der Waals surface area contributed by atoms with Crippen molar-refractivity contribution in [2.45, 2.75) is 20.3 Å². The van der Waals surface area contributed by atoms with Crippen LogP contribution in [0.1, 0.15) is 20.3 Å². The molecule has 0 rings (SSSR count). The van der Waals surface area contributed by atoms with Gasteiger partial charge < -0.3 is 0 Å². The Bertz CT molecular complexity index is 298. The van der Waals surface area contributed by atoms with Crippen LogP contribution in [-0.2, 0) is 0 Å². The first-order valence-corrected chi connectivity index (χ1v) is 4.19. The van der Waals surface area contributed by atoms with E-state index in [0.717, 1.165) is 17.7 Å². The van der Waals surface area contributed by atoms with Crippen molar-refractivity contribution in [3.8, 4) is 12.3 Å². The van der Waals surface area contributed by atoms with E-state index in [1.165, 1.54) is 0 Å². The lowest BCUT2D eigenvalue weighted by atomic mass is 10.0. The third-order valence-corrected chi connectivity index (χ3v) is 1.67. The van der Waals surface area contributed by atoms with Gasteiger partial charge in [0, 0.05) is 16.8 Å². The van der Waals surface area contributed by atoms with Crippen LogP contribution in [0.3, 0.4) is 0 Å². The maximum Gasteiger partial charge on any atom is 0.0478 e. The van der Waals surface area contributed by atoms with Gasteiger partial charge in [-0.2, -0.15) is 0 Å². The largest absolute Gasteiger partial charge is 0.268 e. The van der Waals surface area contributed by atoms with Gasteiger partial charge in [-0.05, 0) is 20.1 Å². The fourth-order valence-electron chi connectivity index (χ4n) is 1.00. The molecule has 0 amide bonds. The quantitative estimate of drug-likeness (QED) is 0.352. The summed E-state index contributed by atoms with van der Waals surface area (Å²) in [5.74, 6) is 2.51. The summed E-state index contributed by atoms with van der Waals surface area (Å²) < 4.78 is 0. The summed E-state index contributed by atoms with van der Waals surface area (Å²) in [5.41, 5.74) is 2.45. The van der Waals surface area contributed by atoms with E-state index in [-0.39, 0.29) is 0 Å². The zero-order valence-corrected chi connectivity index (χ0v) is 8.30. The summed E-state index contributed by atoms with van der Waals surface area (Å²) in [6, 6.07) is 0. The van der Waals surface area contributed by atoms with Crippen molar-refractivity contribution in [1.82, 2.24) is 0 Å². The normalized spacial score (nSPS) is 12.1. The van der Waals surface area contributed by atoms with Gasteiger partial charge in [-0.15, -0.1) is 6.42 Å². The molecular weight excluding hydrogens is 158 g/mol. The van der Waals surface area contributed by atoms with E-state index in [9.17, 15) is 0 Å². The lowest BCUT2D eigenvalue weighted by molar-refractivity contribution is 1.05. The Hall–Kier alpha value is -1.55. The molecule has 0 spiro atoms. The topological polar surface area (TPSA) is 12.4 Å². The minimum atomic E-state index is 0.655. The van der Waals surface area contributed by atoms with Gasteiger partial charge in [-0.1, -0.05) is 31.6 Å². The van der Waals surface area contributed by atoms with Crippen LogP contribution in [-0.4, -0.2) is 6.72 Å². The van der Waals surface area contributed by atoms with Gasteiger partial charge in [0.2, 0.25) is 0 Å². The van der Waals surface area contributed by atoms with E-state index in [4.69, 9.17) is 6.42 Å². The first-order chi connectivity index (χ1) is 6.21. The average molecular weight is 173 g/mol. The van der Waals surface area contributed by atoms with Crippen LogP contribution in [0, 0.1) is 12.3 Å². The van der Waals surface area contributed by atoms with Gasteiger partial charge in [-0.3, -0.25) is 4.99 Å². The van der Waals surface area contributed by atoms with E-state index in [2.05, 4.69) is 24.2 Å². The molecule has 0 aromatic carbocycles. The highest BCUT2D eigenvalue weighted by atomic mass is 14.7. The fraction of sp³-hybridized carbons (Fsp3) is 0.250. The Morgan fingerprint density at radius 2 is 2.23 bits per heavy atom. The van der Waals surface area contributed by atoms with Crippen LogP contribution in [0.25, 0.3) is 0 Å². The minimum Gasteiger partial charge on any atom is -0.268 e. The molecule has 0 bridgehead atoms. The Balaban J connectivity index is 5.22. The van der Waals surface area contributed by atoms with Crippen LogP contribution < -0.4 is 0 Å². The molecule has 68 valence electrons. The highest BCUT2D eigenvalue weighted by Crippen LogP contribution is 2.17. The van der Waals surface area contributed by atoms with E-state index in [1.54, 1.807) is 0 Å². The standard InChI is InChI=1S/C12H15N/c1-6-9-11(10(4)7-2)12(8-3)13-5/h2,6,9H,4-5,8H2,1,3H3/b9-6-,12-11-. The first kappa shape index (κ1) is 11.4. The van der Waals surface area contributed by atoms with E-state index in [0.29, 0.717) is 5.57 Å². The predicted octanol–water partition coefficient (Wildman–Crippen LogP) is 3.12. The summed E-state index contributed by atoms with van der Waals surface area (Å²) in [6.07, 6.45) is 9.91. The number of aliphatic imine (C=N–C) groups is 1.